The molecule has 0 aliphatic heterocycles. The van der Waals surface area contributed by atoms with E-state index in [1.165, 1.54) is 20.8 Å². The average molecular weight is 525 g/mol. The summed E-state index contributed by atoms with van der Waals surface area (Å²) in [7, 11) is 0. The van der Waals surface area contributed by atoms with Gasteiger partial charge in [0.1, 0.15) is 17.8 Å². The molecule has 2 atom stereocenters. The Kier molecular flexibility index (Phi) is 7.40. The van der Waals surface area contributed by atoms with Crippen LogP contribution in [0.5, 0.6) is 0 Å². The van der Waals surface area contributed by atoms with E-state index in [0.717, 1.165) is 11.1 Å². The van der Waals surface area contributed by atoms with Gasteiger partial charge in [0.15, 0.2) is 17.9 Å². The van der Waals surface area contributed by atoms with Crippen molar-refractivity contribution in [3.8, 4) is 5.69 Å². The van der Waals surface area contributed by atoms with Crippen molar-refractivity contribution in [3.05, 3.63) is 58.2 Å². The smallest absolute Gasteiger partial charge is 0.303 e. The quantitative estimate of drug-likeness (QED) is 0.256. The van der Waals surface area contributed by atoms with Crippen molar-refractivity contribution in [3.63, 3.8) is 0 Å². The van der Waals surface area contributed by atoms with E-state index < -0.39 is 30.1 Å². The number of carbonyl (C=O) groups excluding carboxylic acids is 3. The van der Waals surface area contributed by atoms with Crippen LogP contribution in [-0.2, 0) is 28.6 Å². The van der Waals surface area contributed by atoms with Crippen molar-refractivity contribution in [1.29, 1.82) is 0 Å². The molecule has 4 aromatic rings. The van der Waals surface area contributed by atoms with E-state index in [2.05, 4.69) is 0 Å². The van der Waals surface area contributed by atoms with Crippen molar-refractivity contribution in [1.82, 2.24) is 19.7 Å². The van der Waals surface area contributed by atoms with E-state index >= 15 is 0 Å². The molecule has 0 radical (unpaired) electrons. The predicted molar refractivity (Wildman–Crippen MR) is 135 cm³/mol. The Morgan fingerprint density at radius 2 is 1.49 bits per heavy atom. The minimum atomic E-state index is -1.24. The maximum Gasteiger partial charge on any atom is 0.303 e. The zero-order chi connectivity index (χ0) is 26.9. The maximum atomic E-state index is 12.1. The fourth-order valence-corrected chi connectivity index (χ4v) is 3.99. The monoisotopic (exact) mass is 524 g/mol. The van der Waals surface area contributed by atoms with E-state index in [1.807, 2.05) is 26.0 Å². The second-order valence-electron chi connectivity index (χ2n) is 8.57. The molecule has 2 heterocycles. The SMILES string of the molecule is CC(=O)OCC(OC(C)=O)C(OC(C)=O)c1nn(-c2ccc(Cl)cc2)c2nc3cc(C)c(C)cc3nc12. The summed E-state index contributed by atoms with van der Waals surface area (Å²) >= 11 is 6.09. The van der Waals surface area contributed by atoms with Gasteiger partial charge in [-0.25, -0.2) is 14.6 Å². The number of aromatic nitrogens is 4. The molecule has 10 nitrogen and oxygen atoms in total. The highest BCUT2D eigenvalue weighted by atomic mass is 35.5. The van der Waals surface area contributed by atoms with Crippen LogP contribution >= 0.6 is 11.6 Å². The predicted octanol–water partition coefficient (Wildman–Crippen LogP) is 4.34. The van der Waals surface area contributed by atoms with Crippen LogP contribution in [-0.4, -0.2) is 50.4 Å². The van der Waals surface area contributed by atoms with Crippen LogP contribution in [0.4, 0.5) is 0 Å². The number of hydrogen-bond donors (Lipinski definition) is 0. The summed E-state index contributed by atoms with van der Waals surface area (Å²) in [4.78, 5) is 45.2. The van der Waals surface area contributed by atoms with Crippen LogP contribution < -0.4 is 0 Å². The highest BCUT2D eigenvalue weighted by Crippen LogP contribution is 2.32. The summed E-state index contributed by atoms with van der Waals surface area (Å²) < 4.78 is 17.7. The number of esters is 3. The topological polar surface area (TPSA) is 122 Å². The van der Waals surface area contributed by atoms with Gasteiger partial charge in [-0.15, -0.1) is 0 Å². The van der Waals surface area contributed by atoms with Gasteiger partial charge in [-0.1, -0.05) is 11.6 Å². The summed E-state index contributed by atoms with van der Waals surface area (Å²) in [6, 6.07) is 10.8. The van der Waals surface area contributed by atoms with E-state index in [0.29, 0.717) is 32.9 Å². The zero-order valence-electron chi connectivity index (χ0n) is 20.9. The molecule has 0 saturated carbocycles. The van der Waals surface area contributed by atoms with Crippen molar-refractivity contribution < 1.29 is 28.6 Å². The molecule has 192 valence electrons. The summed E-state index contributed by atoms with van der Waals surface area (Å²) in [6.45, 7) is 7.23. The molecule has 4 rings (SSSR count). The first-order valence-electron chi connectivity index (χ1n) is 11.4. The van der Waals surface area contributed by atoms with Gasteiger partial charge in [0.2, 0.25) is 0 Å². The van der Waals surface area contributed by atoms with Gasteiger partial charge >= 0.3 is 17.9 Å². The highest BCUT2D eigenvalue weighted by molar-refractivity contribution is 6.30. The van der Waals surface area contributed by atoms with Crippen molar-refractivity contribution >= 4 is 51.7 Å². The first-order valence-corrected chi connectivity index (χ1v) is 11.8. The minimum Gasteiger partial charge on any atom is -0.462 e. The third-order valence-electron chi connectivity index (χ3n) is 5.65. The van der Waals surface area contributed by atoms with Crippen molar-refractivity contribution in [2.45, 2.75) is 46.8 Å². The summed E-state index contributed by atoms with van der Waals surface area (Å²) in [5.41, 5.74) is 4.87. The third-order valence-corrected chi connectivity index (χ3v) is 5.90. The number of aryl methyl sites for hydroxylation is 2. The molecule has 0 amide bonds. The fraction of sp³-hybridized carbons (Fsp3) is 0.308. The minimum absolute atomic E-state index is 0.186. The lowest BCUT2D eigenvalue weighted by molar-refractivity contribution is -0.174. The van der Waals surface area contributed by atoms with Crippen LogP contribution in [0.1, 0.15) is 43.7 Å². The Morgan fingerprint density at radius 1 is 0.892 bits per heavy atom. The molecule has 0 saturated heterocycles. The summed E-state index contributed by atoms with van der Waals surface area (Å²) in [5.74, 6) is -1.90. The van der Waals surface area contributed by atoms with Crippen LogP contribution in [0.2, 0.25) is 5.02 Å². The number of nitrogens with zero attached hydrogens (tertiary/aromatic N) is 4. The van der Waals surface area contributed by atoms with E-state index in [4.69, 9.17) is 40.9 Å². The van der Waals surface area contributed by atoms with Crippen LogP contribution in [0, 0.1) is 13.8 Å². The molecular weight excluding hydrogens is 500 g/mol. The number of rotatable bonds is 7. The number of halogens is 1. The second kappa shape index (κ2) is 10.5. The highest BCUT2D eigenvalue weighted by Gasteiger charge is 2.35. The van der Waals surface area contributed by atoms with E-state index in [9.17, 15) is 14.4 Å². The Labute approximate surface area is 217 Å². The van der Waals surface area contributed by atoms with Gasteiger partial charge in [0, 0.05) is 25.8 Å². The Hall–Kier alpha value is -4.05. The van der Waals surface area contributed by atoms with Gasteiger partial charge in [0.25, 0.3) is 0 Å². The van der Waals surface area contributed by atoms with Gasteiger partial charge in [-0.2, -0.15) is 5.10 Å². The molecule has 0 bridgehead atoms. The van der Waals surface area contributed by atoms with Crippen LogP contribution in [0.3, 0.4) is 0 Å². The number of ether oxygens (including phenoxy) is 3. The Morgan fingerprint density at radius 3 is 2.05 bits per heavy atom. The molecule has 0 aliphatic rings. The lowest BCUT2D eigenvalue weighted by Crippen LogP contribution is -2.33. The molecular formula is C26H25ClN4O6. The van der Waals surface area contributed by atoms with Gasteiger partial charge in [-0.05, 0) is 61.4 Å². The first kappa shape index (κ1) is 26.0. The number of fused-ring (bicyclic) bond motifs is 2. The summed E-state index contributed by atoms with van der Waals surface area (Å²) in [5, 5.41) is 5.24. The molecule has 2 aromatic carbocycles. The van der Waals surface area contributed by atoms with E-state index in [1.54, 1.807) is 28.9 Å². The Balaban J connectivity index is 2.00. The molecule has 37 heavy (non-hydrogen) atoms. The molecule has 2 aromatic heterocycles. The van der Waals surface area contributed by atoms with Crippen molar-refractivity contribution in [2.24, 2.45) is 0 Å². The standard InChI is InChI=1S/C26H25ClN4O6/c1-13-10-20-21(11-14(13)2)29-26-24(28-20)23(30-31(26)19-8-6-18(27)7-9-19)25(37-17(5)34)22(36-16(4)33)12-35-15(3)32/h6-11,22,25H,12H2,1-5H3. The van der Waals surface area contributed by atoms with Crippen molar-refractivity contribution in [2.75, 3.05) is 6.61 Å². The van der Waals surface area contributed by atoms with Gasteiger partial charge in [0.05, 0.1) is 16.7 Å². The summed E-state index contributed by atoms with van der Waals surface area (Å²) in [6.07, 6.45) is -2.42. The fourth-order valence-electron chi connectivity index (χ4n) is 3.86. The van der Waals surface area contributed by atoms with E-state index in [-0.39, 0.29) is 12.3 Å². The van der Waals surface area contributed by atoms with Crippen LogP contribution in [0.25, 0.3) is 27.9 Å². The normalized spacial score (nSPS) is 12.8. The van der Waals surface area contributed by atoms with Crippen LogP contribution in [0.15, 0.2) is 36.4 Å². The maximum absolute atomic E-state index is 12.1. The average Bonchev–Trinajstić information content (AvgIpc) is 3.18. The third kappa shape index (κ3) is 5.69. The molecule has 11 heteroatoms. The lowest BCUT2D eigenvalue weighted by atomic mass is 10.1. The number of hydrogen-bond acceptors (Lipinski definition) is 9. The largest absolute Gasteiger partial charge is 0.462 e. The lowest BCUT2D eigenvalue weighted by Gasteiger charge is -2.24. The number of benzene rings is 2. The first-order chi connectivity index (χ1) is 17.5. The second-order valence-corrected chi connectivity index (χ2v) is 9.01. The molecule has 0 spiro atoms. The number of carbonyl (C=O) groups is 3. The Bertz CT molecular complexity index is 1520. The molecule has 0 aliphatic carbocycles. The zero-order valence-corrected chi connectivity index (χ0v) is 21.7. The molecule has 2 unspecified atom stereocenters. The molecule has 0 N–H and O–H groups in total. The molecule has 0 fully saturated rings. The van der Waals surface area contributed by atoms with Gasteiger partial charge in [-0.3, -0.25) is 14.4 Å². The van der Waals surface area contributed by atoms with Gasteiger partial charge < -0.3 is 14.2 Å².